The maximum Gasteiger partial charge on any atom is 0.258 e. The Hall–Kier alpha value is -3.92. The summed E-state index contributed by atoms with van der Waals surface area (Å²) in [5, 5.41) is 7.74. The van der Waals surface area contributed by atoms with Crippen molar-refractivity contribution in [3.8, 4) is 5.75 Å². The first-order valence-electron chi connectivity index (χ1n) is 13.7. The summed E-state index contributed by atoms with van der Waals surface area (Å²) in [5.41, 5.74) is 3.49. The largest absolute Gasteiger partial charge is 0.496 e. The van der Waals surface area contributed by atoms with Crippen LogP contribution in [0, 0.1) is 6.92 Å². The molecule has 3 amide bonds. The smallest absolute Gasteiger partial charge is 0.258 e. The summed E-state index contributed by atoms with van der Waals surface area (Å²) in [6.45, 7) is 3.82. The number of nitrogens with zero attached hydrogens (tertiary/aromatic N) is 2. The molecule has 2 atom stereocenters. The second-order valence-electron chi connectivity index (χ2n) is 10.4. The molecule has 224 valence electrons. The van der Waals surface area contributed by atoms with Gasteiger partial charge in [-0.2, -0.15) is 0 Å². The van der Waals surface area contributed by atoms with Crippen molar-refractivity contribution < 1.29 is 19.1 Å². The molecular weight excluding hydrogens is 632 g/mol. The lowest BCUT2D eigenvalue weighted by atomic mass is 10.0. The van der Waals surface area contributed by atoms with Crippen molar-refractivity contribution in [2.45, 2.75) is 32.5 Å². The number of fused-ring (bicyclic) bond motifs is 2. The van der Waals surface area contributed by atoms with Gasteiger partial charge in [0.15, 0.2) is 0 Å². The Morgan fingerprint density at radius 1 is 1.02 bits per heavy atom. The normalized spacial score (nSPS) is 15.3. The molecule has 0 saturated carbocycles. The molecule has 2 N–H and O–H groups in total. The second kappa shape index (κ2) is 13.6. The summed E-state index contributed by atoms with van der Waals surface area (Å²) in [6, 6.07) is 23.0. The van der Waals surface area contributed by atoms with Crippen LogP contribution in [0.2, 0.25) is 0 Å². The fourth-order valence-electron chi connectivity index (χ4n) is 5.19. The molecule has 1 aliphatic heterocycles. The van der Waals surface area contributed by atoms with E-state index in [4.69, 9.17) is 4.74 Å². The van der Waals surface area contributed by atoms with Crippen LogP contribution >= 0.6 is 28.3 Å². The number of benzene rings is 4. The third kappa shape index (κ3) is 6.54. The van der Waals surface area contributed by atoms with Gasteiger partial charge in [-0.3, -0.25) is 14.4 Å². The first kappa shape index (κ1) is 32.0. The van der Waals surface area contributed by atoms with E-state index in [1.807, 2.05) is 73.7 Å². The van der Waals surface area contributed by atoms with Crippen molar-refractivity contribution in [2.24, 2.45) is 0 Å². The molecule has 0 aromatic heterocycles. The number of hydrogen-bond donors (Lipinski definition) is 2. The number of anilines is 2. The van der Waals surface area contributed by atoms with E-state index in [9.17, 15) is 14.4 Å². The van der Waals surface area contributed by atoms with E-state index in [-0.39, 0.29) is 43.2 Å². The van der Waals surface area contributed by atoms with Crippen LogP contribution < -0.4 is 25.2 Å². The first-order chi connectivity index (χ1) is 20.2. The summed E-state index contributed by atoms with van der Waals surface area (Å²) in [7, 11) is 3.28. The summed E-state index contributed by atoms with van der Waals surface area (Å²) >= 11 is 3.55. The van der Waals surface area contributed by atoms with E-state index in [1.54, 1.807) is 43.0 Å². The molecule has 0 fully saturated rings. The molecular formula is C33H34BrClN4O4. The Kier molecular flexibility index (Phi) is 10.1. The van der Waals surface area contributed by atoms with Gasteiger partial charge in [0.2, 0.25) is 5.91 Å². The Morgan fingerprint density at radius 3 is 2.40 bits per heavy atom. The molecule has 8 nitrogen and oxygen atoms in total. The second-order valence-corrected chi connectivity index (χ2v) is 11.3. The number of hydrogen-bond acceptors (Lipinski definition) is 5. The first-order valence-corrected chi connectivity index (χ1v) is 14.5. The molecule has 0 spiro atoms. The van der Waals surface area contributed by atoms with E-state index in [2.05, 4.69) is 26.6 Å². The molecule has 2 unspecified atom stereocenters. The molecule has 1 heterocycles. The van der Waals surface area contributed by atoms with Gasteiger partial charge >= 0.3 is 0 Å². The number of rotatable bonds is 7. The van der Waals surface area contributed by atoms with E-state index in [0.717, 1.165) is 26.4 Å². The van der Waals surface area contributed by atoms with Crippen LogP contribution in [-0.4, -0.2) is 50.5 Å². The van der Waals surface area contributed by atoms with Crippen LogP contribution in [0.15, 0.2) is 83.3 Å². The van der Waals surface area contributed by atoms with Crippen LogP contribution in [0.3, 0.4) is 0 Å². The minimum Gasteiger partial charge on any atom is -0.496 e. The number of carbonyl (C=O) groups excluding carboxylic acids is 3. The van der Waals surface area contributed by atoms with Crippen molar-refractivity contribution in [3.63, 3.8) is 0 Å². The lowest BCUT2D eigenvalue weighted by Crippen LogP contribution is -2.55. The molecule has 10 heteroatoms. The SMILES string of the molecule is CNC(C)C(=O)NC1CN(C(=O)c2ccc(C)cc2)c2ccccc2N(Cc2c(OC)ccc3cc(Br)ccc23)C1=O.Cl. The predicted molar refractivity (Wildman–Crippen MR) is 176 cm³/mol. The standard InChI is InChI=1S/C33H33BrN4O4.ClH/c1-20-9-11-22(12-10-20)32(40)38-19-27(36-31(39)21(2)35-3)33(41)37(28-7-5-6-8-29(28)38)18-26-25-15-14-24(34)17-23(25)13-16-30(26)42-4;/h5-17,21,27,35H,18-19H2,1-4H3,(H,36,39);1H. The Morgan fingerprint density at radius 2 is 1.72 bits per heavy atom. The molecule has 43 heavy (non-hydrogen) atoms. The minimum atomic E-state index is -0.995. The number of para-hydroxylation sites is 2. The zero-order valence-electron chi connectivity index (χ0n) is 24.4. The molecule has 0 saturated heterocycles. The molecule has 5 rings (SSSR count). The number of likely N-dealkylation sites (N-methyl/N-ethyl adjacent to an activating group) is 1. The maximum absolute atomic E-state index is 14.4. The van der Waals surface area contributed by atoms with Crippen molar-refractivity contribution in [3.05, 3.63) is 100 Å². The summed E-state index contributed by atoms with van der Waals surface area (Å²) in [4.78, 5) is 44.7. The Balaban J connectivity index is 0.00000423. The van der Waals surface area contributed by atoms with Gasteiger partial charge in [-0.1, -0.05) is 57.9 Å². The minimum absolute atomic E-state index is 0. The zero-order chi connectivity index (χ0) is 30.0. The fraction of sp³-hybridized carbons (Fsp3) is 0.242. The van der Waals surface area contributed by atoms with Gasteiger partial charge < -0.3 is 25.2 Å². The van der Waals surface area contributed by atoms with E-state index in [1.165, 1.54) is 0 Å². The van der Waals surface area contributed by atoms with Crippen molar-refractivity contribution in [1.82, 2.24) is 10.6 Å². The molecule has 0 bridgehead atoms. The number of amides is 3. The van der Waals surface area contributed by atoms with Crippen LogP contribution in [0.25, 0.3) is 10.8 Å². The highest BCUT2D eigenvalue weighted by molar-refractivity contribution is 9.10. The zero-order valence-corrected chi connectivity index (χ0v) is 26.8. The molecule has 4 aromatic rings. The summed E-state index contributed by atoms with van der Waals surface area (Å²) < 4.78 is 6.69. The van der Waals surface area contributed by atoms with Crippen LogP contribution in [0.1, 0.15) is 28.4 Å². The molecule has 4 aromatic carbocycles. The van der Waals surface area contributed by atoms with Crippen LogP contribution in [0.4, 0.5) is 11.4 Å². The summed E-state index contributed by atoms with van der Waals surface area (Å²) in [5.74, 6) is -0.284. The highest BCUT2D eigenvalue weighted by Crippen LogP contribution is 2.38. The fourth-order valence-corrected chi connectivity index (χ4v) is 5.57. The number of aryl methyl sites for hydroxylation is 1. The van der Waals surface area contributed by atoms with Crippen LogP contribution in [-0.2, 0) is 16.1 Å². The maximum atomic E-state index is 14.4. The number of nitrogens with one attached hydrogen (secondary N) is 2. The van der Waals surface area contributed by atoms with Gasteiger partial charge in [0.05, 0.1) is 37.6 Å². The summed E-state index contributed by atoms with van der Waals surface area (Å²) in [6.07, 6.45) is 0. The van der Waals surface area contributed by atoms with Crippen LogP contribution in [0.5, 0.6) is 5.75 Å². The lowest BCUT2D eigenvalue weighted by Gasteiger charge is -2.27. The van der Waals surface area contributed by atoms with Gasteiger partial charge in [-0.25, -0.2) is 0 Å². The van der Waals surface area contributed by atoms with Gasteiger partial charge in [-0.05, 0) is 74.1 Å². The number of ether oxygens (including phenoxy) is 1. The number of halogens is 2. The third-order valence-electron chi connectivity index (χ3n) is 7.67. The van der Waals surface area contributed by atoms with Gasteiger partial charge in [-0.15, -0.1) is 12.4 Å². The van der Waals surface area contributed by atoms with E-state index in [0.29, 0.717) is 22.7 Å². The van der Waals surface area contributed by atoms with Gasteiger partial charge in [0, 0.05) is 15.6 Å². The van der Waals surface area contributed by atoms with Gasteiger partial charge in [0.25, 0.3) is 11.8 Å². The quantitative estimate of drug-likeness (QED) is 0.267. The highest BCUT2D eigenvalue weighted by atomic mass is 79.9. The van der Waals surface area contributed by atoms with Crippen molar-refractivity contribution >= 4 is 68.2 Å². The van der Waals surface area contributed by atoms with E-state index < -0.39 is 12.1 Å². The number of methoxy groups -OCH3 is 1. The average molecular weight is 666 g/mol. The Bertz CT molecular complexity index is 1660. The van der Waals surface area contributed by atoms with Gasteiger partial charge in [0.1, 0.15) is 11.8 Å². The highest BCUT2D eigenvalue weighted by Gasteiger charge is 2.38. The predicted octanol–water partition coefficient (Wildman–Crippen LogP) is 5.63. The Labute approximate surface area is 265 Å². The van der Waals surface area contributed by atoms with E-state index >= 15 is 0 Å². The molecule has 0 radical (unpaired) electrons. The lowest BCUT2D eigenvalue weighted by molar-refractivity contribution is -0.128. The van der Waals surface area contributed by atoms with Crippen molar-refractivity contribution in [2.75, 3.05) is 30.5 Å². The molecule has 0 aliphatic carbocycles. The monoisotopic (exact) mass is 664 g/mol. The third-order valence-corrected chi connectivity index (χ3v) is 8.16. The average Bonchev–Trinajstić information content (AvgIpc) is 3.11. The topological polar surface area (TPSA) is 91.0 Å². The number of carbonyl (C=O) groups is 3. The van der Waals surface area contributed by atoms with Crippen molar-refractivity contribution in [1.29, 1.82) is 0 Å². The molecule has 1 aliphatic rings.